The summed E-state index contributed by atoms with van der Waals surface area (Å²) in [5, 5.41) is 22.8. The first-order valence-electron chi connectivity index (χ1n) is 9.18. The molecule has 2 aromatic carbocycles. The molecule has 0 aliphatic rings. The second-order valence-corrected chi connectivity index (χ2v) is 7.54. The average Bonchev–Trinajstić information content (AvgIpc) is 3.07. The number of nitriles is 1. The Kier molecular flexibility index (Phi) is 5.80. The van der Waals surface area contributed by atoms with Gasteiger partial charge in [-0.15, -0.1) is 0 Å². The van der Waals surface area contributed by atoms with E-state index >= 15 is 0 Å². The Morgan fingerprint density at radius 2 is 1.93 bits per heavy atom. The number of ether oxygens (including phenoxy) is 1. The van der Waals surface area contributed by atoms with E-state index in [1.807, 2.05) is 12.1 Å². The lowest BCUT2D eigenvalue weighted by atomic mass is 9.94. The summed E-state index contributed by atoms with van der Waals surface area (Å²) in [6.45, 7) is 5.04. The summed E-state index contributed by atoms with van der Waals surface area (Å²) in [4.78, 5) is 3.32. The van der Waals surface area contributed by atoms with Gasteiger partial charge in [0.15, 0.2) is 0 Å². The van der Waals surface area contributed by atoms with E-state index < -0.39 is 6.10 Å². The molecule has 0 bridgehead atoms. The van der Waals surface area contributed by atoms with Crippen molar-refractivity contribution in [3.8, 4) is 11.8 Å². The SMILES string of the molecule is CC(C)(Cc1c[nH]c2ccccc12)[NH2+]CC(O)COc1ccccc1C#N. The predicted octanol–water partition coefficient (Wildman–Crippen LogP) is 2.36. The van der Waals surface area contributed by atoms with Gasteiger partial charge in [0.05, 0.1) is 11.1 Å². The van der Waals surface area contributed by atoms with Gasteiger partial charge in [0.1, 0.15) is 31.1 Å². The van der Waals surface area contributed by atoms with Crippen molar-refractivity contribution in [2.24, 2.45) is 0 Å². The van der Waals surface area contributed by atoms with Crippen LogP contribution in [0.4, 0.5) is 0 Å². The summed E-state index contributed by atoms with van der Waals surface area (Å²) >= 11 is 0. The monoisotopic (exact) mass is 364 g/mol. The molecular weight excluding hydrogens is 338 g/mol. The standard InChI is InChI=1S/C22H25N3O2/c1-22(2,11-17-13-24-20-9-5-4-8-19(17)20)25-14-18(26)15-27-21-10-6-3-7-16(21)12-23/h3-10,13,18,24-26H,11,14-15H2,1-2H3/p+1. The molecule has 1 heterocycles. The predicted molar refractivity (Wildman–Crippen MR) is 106 cm³/mol. The minimum absolute atomic E-state index is 0.0590. The van der Waals surface area contributed by atoms with Gasteiger partial charge >= 0.3 is 0 Å². The van der Waals surface area contributed by atoms with Crippen LogP contribution in [0.1, 0.15) is 25.0 Å². The Labute approximate surface area is 159 Å². The Morgan fingerprint density at radius 3 is 2.74 bits per heavy atom. The van der Waals surface area contributed by atoms with Crippen LogP contribution in [-0.2, 0) is 6.42 Å². The third-order valence-corrected chi connectivity index (χ3v) is 4.70. The highest BCUT2D eigenvalue weighted by atomic mass is 16.5. The second-order valence-electron chi connectivity index (χ2n) is 7.54. The number of aromatic nitrogens is 1. The number of hydrogen-bond acceptors (Lipinski definition) is 3. The lowest BCUT2D eigenvalue weighted by molar-refractivity contribution is -0.725. The number of nitrogens with one attached hydrogen (secondary N) is 1. The van der Waals surface area contributed by atoms with Crippen LogP contribution in [0.2, 0.25) is 0 Å². The largest absolute Gasteiger partial charge is 0.489 e. The fraction of sp³-hybridized carbons (Fsp3) is 0.318. The molecule has 1 unspecified atom stereocenters. The van der Waals surface area contributed by atoms with Crippen molar-refractivity contribution in [3.63, 3.8) is 0 Å². The van der Waals surface area contributed by atoms with Gasteiger partial charge in [-0.25, -0.2) is 0 Å². The smallest absolute Gasteiger partial charge is 0.137 e. The molecule has 1 atom stereocenters. The Hall–Kier alpha value is -2.81. The zero-order chi connectivity index (χ0) is 19.3. The van der Waals surface area contributed by atoms with E-state index in [0.717, 1.165) is 11.9 Å². The van der Waals surface area contributed by atoms with Crippen molar-refractivity contribution < 1.29 is 15.2 Å². The molecule has 3 aromatic rings. The summed E-state index contributed by atoms with van der Waals surface area (Å²) < 4.78 is 5.62. The minimum Gasteiger partial charge on any atom is -0.489 e. The fourth-order valence-corrected chi connectivity index (χ4v) is 3.23. The van der Waals surface area contributed by atoms with Gasteiger partial charge in [-0.3, -0.25) is 0 Å². The number of para-hydroxylation sites is 2. The van der Waals surface area contributed by atoms with E-state index in [1.165, 1.54) is 10.9 Å². The van der Waals surface area contributed by atoms with Crippen molar-refractivity contribution in [2.45, 2.75) is 31.9 Å². The van der Waals surface area contributed by atoms with Crippen LogP contribution in [0.15, 0.2) is 54.7 Å². The van der Waals surface area contributed by atoms with Gasteiger partial charge in [0.25, 0.3) is 0 Å². The molecule has 0 spiro atoms. The number of nitrogens with two attached hydrogens (primary N) is 1. The van der Waals surface area contributed by atoms with E-state index in [1.54, 1.807) is 18.2 Å². The third kappa shape index (κ3) is 4.88. The summed E-state index contributed by atoms with van der Waals surface area (Å²) in [6.07, 6.45) is 2.35. The van der Waals surface area contributed by atoms with E-state index in [-0.39, 0.29) is 12.1 Å². The molecule has 5 heteroatoms. The van der Waals surface area contributed by atoms with Crippen molar-refractivity contribution in [1.82, 2.24) is 4.98 Å². The number of H-pyrrole nitrogens is 1. The molecule has 0 radical (unpaired) electrons. The molecule has 0 aliphatic heterocycles. The van der Waals surface area contributed by atoms with Gasteiger partial charge in [0, 0.05) is 23.5 Å². The van der Waals surface area contributed by atoms with Gasteiger partial charge in [-0.2, -0.15) is 5.26 Å². The van der Waals surface area contributed by atoms with E-state index in [4.69, 9.17) is 10.00 Å². The van der Waals surface area contributed by atoms with Crippen LogP contribution < -0.4 is 10.1 Å². The van der Waals surface area contributed by atoms with E-state index in [2.05, 4.69) is 54.6 Å². The van der Waals surface area contributed by atoms with Crippen molar-refractivity contribution in [3.05, 3.63) is 65.9 Å². The number of hydrogen-bond donors (Lipinski definition) is 3. The van der Waals surface area contributed by atoms with Crippen LogP contribution >= 0.6 is 0 Å². The zero-order valence-corrected chi connectivity index (χ0v) is 15.8. The summed E-state index contributed by atoms with van der Waals surface area (Å²) in [5.41, 5.74) is 2.85. The zero-order valence-electron chi connectivity index (χ0n) is 15.8. The lowest BCUT2D eigenvalue weighted by Crippen LogP contribution is -2.97. The third-order valence-electron chi connectivity index (χ3n) is 4.70. The highest BCUT2D eigenvalue weighted by molar-refractivity contribution is 5.83. The van der Waals surface area contributed by atoms with Crippen LogP contribution in [0.25, 0.3) is 10.9 Å². The maximum atomic E-state index is 10.3. The quantitative estimate of drug-likeness (QED) is 0.574. The van der Waals surface area contributed by atoms with E-state index in [9.17, 15) is 5.11 Å². The molecule has 0 amide bonds. The highest BCUT2D eigenvalue weighted by Crippen LogP contribution is 2.21. The van der Waals surface area contributed by atoms with Gasteiger partial charge in [0.2, 0.25) is 0 Å². The highest BCUT2D eigenvalue weighted by Gasteiger charge is 2.25. The van der Waals surface area contributed by atoms with Gasteiger partial charge < -0.3 is 20.1 Å². The number of fused-ring (bicyclic) bond motifs is 1. The first-order chi connectivity index (χ1) is 13.0. The van der Waals surface area contributed by atoms with E-state index in [0.29, 0.717) is 17.9 Å². The summed E-state index contributed by atoms with van der Waals surface area (Å²) in [6, 6.07) is 17.5. The van der Waals surface area contributed by atoms with Crippen molar-refractivity contribution in [2.75, 3.05) is 13.2 Å². The Balaban J connectivity index is 1.53. The maximum Gasteiger partial charge on any atom is 0.137 e. The maximum absolute atomic E-state index is 10.3. The van der Waals surface area contributed by atoms with Crippen molar-refractivity contribution in [1.29, 1.82) is 5.26 Å². The number of nitrogens with zero attached hydrogens (tertiary/aromatic N) is 1. The molecule has 27 heavy (non-hydrogen) atoms. The fourth-order valence-electron chi connectivity index (χ4n) is 3.23. The number of benzene rings is 2. The van der Waals surface area contributed by atoms with Gasteiger partial charge in [-0.05, 0) is 37.6 Å². The molecule has 140 valence electrons. The van der Waals surface area contributed by atoms with Crippen LogP contribution in [0.3, 0.4) is 0 Å². The summed E-state index contributed by atoms with van der Waals surface area (Å²) in [5.74, 6) is 0.511. The van der Waals surface area contributed by atoms with Crippen molar-refractivity contribution >= 4 is 10.9 Å². The number of aliphatic hydroxyl groups is 1. The molecule has 5 nitrogen and oxygen atoms in total. The van der Waals surface area contributed by atoms with Crippen LogP contribution in [-0.4, -0.2) is 34.9 Å². The number of aliphatic hydroxyl groups excluding tert-OH is 1. The number of rotatable bonds is 8. The molecule has 0 saturated carbocycles. The Bertz CT molecular complexity index is 940. The first-order valence-corrected chi connectivity index (χ1v) is 9.18. The molecule has 4 N–H and O–H groups in total. The molecule has 0 saturated heterocycles. The molecular formula is C22H26N3O2+. The summed E-state index contributed by atoms with van der Waals surface area (Å²) in [7, 11) is 0. The Morgan fingerprint density at radius 1 is 1.19 bits per heavy atom. The lowest BCUT2D eigenvalue weighted by Gasteiger charge is -2.24. The normalized spacial score (nSPS) is 12.7. The topological polar surface area (TPSA) is 85.7 Å². The first kappa shape index (κ1) is 19.0. The second kappa shape index (κ2) is 8.26. The number of aromatic amines is 1. The minimum atomic E-state index is -0.612. The van der Waals surface area contributed by atoms with Crippen LogP contribution in [0, 0.1) is 11.3 Å². The molecule has 3 rings (SSSR count). The molecule has 0 aliphatic carbocycles. The molecule has 0 fully saturated rings. The number of quaternary nitrogens is 1. The van der Waals surface area contributed by atoms with Crippen LogP contribution in [0.5, 0.6) is 5.75 Å². The molecule has 1 aromatic heterocycles. The van der Waals surface area contributed by atoms with Gasteiger partial charge in [-0.1, -0.05) is 30.3 Å². The average molecular weight is 364 g/mol.